The van der Waals surface area contributed by atoms with Gasteiger partial charge in [-0.2, -0.15) is 4.98 Å². The van der Waals surface area contributed by atoms with E-state index in [-0.39, 0.29) is 11.9 Å². The Bertz CT molecular complexity index is 619. The average Bonchev–Trinajstić information content (AvgIpc) is 2.91. The molecule has 0 saturated heterocycles. The lowest BCUT2D eigenvalue weighted by atomic mass is 10.1. The molecule has 0 saturated carbocycles. The topological polar surface area (TPSA) is 71.3 Å². The highest BCUT2D eigenvalue weighted by atomic mass is 16.5. The summed E-state index contributed by atoms with van der Waals surface area (Å²) >= 11 is 0. The SMILES string of the molecule is CC[C@H](NC(=O)Cc1ccc(N(C)C)cc1)c1nc(C)no1. The van der Waals surface area contributed by atoms with Crippen molar-refractivity contribution in [3.63, 3.8) is 0 Å². The molecular weight excluding hydrogens is 280 g/mol. The number of nitrogens with one attached hydrogen (secondary N) is 1. The first-order valence-electron chi connectivity index (χ1n) is 7.35. The molecule has 1 N–H and O–H groups in total. The Labute approximate surface area is 130 Å². The molecule has 2 rings (SSSR count). The van der Waals surface area contributed by atoms with Crippen LogP contribution in [0.4, 0.5) is 5.69 Å². The molecule has 1 atom stereocenters. The fourth-order valence-electron chi connectivity index (χ4n) is 2.14. The molecule has 6 nitrogen and oxygen atoms in total. The van der Waals surface area contributed by atoms with Gasteiger partial charge in [-0.1, -0.05) is 24.2 Å². The smallest absolute Gasteiger partial charge is 0.249 e. The van der Waals surface area contributed by atoms with E-state index in [9.17, 15) is 4.79 Å². The molecule has 0 aliphatic carbocycles. The normalized spacial score (nSPS) is 12.0. The Hall–Kier alpha value is -2.37. The van der Waals surface area contributed by atoms with Gasteiger partial charge in [-0.05, 0) is 31.0 Å². The molecule has 1 amide bonds. The first kappa shape index (κ1) is 16.0. The van der Waals surface area contributed by atoms with Crippen molar-refractivity contribution in [1.82, 2.24) is 15.5 Å². The third-order valence-corrected chi connectivity index (χ3v) is 3.40. The predicted octanol–water partition coefficient (Wildman–Crippen LogP) is 2.25. The van der Waals surface area contributed by atoms with Crippen LogP contribution in [0.25, 0.3) is 0 Å². The molecule has 1 heterocycles. The molecule has 0 aliphatic heterocycles. The lowest BCUT2D eigenvalue weighted by Gasteiger charge is -2.14. The van der Waals surface area contributed by atoms with Crippen LogP contribution in [0.5, 0.6) is 0 Å². The van der Waals surface area contributed by atoms with Crippen LogP contribution >= 0.6 is 0 Å². The van der Waals surface area contributed by atoms with Crippen LogP contribution in [-0.2, 0) is 11.2 Å². The number of anilines is 1. The number of benzene rings is 1. The van der Waals surface area contributed by atoms with Crippen molar-refractivity contribution in [3.8, 4) is 0 Å². The highest BCUT2D eigenvalue weighted by Crippen LogP contribution is 2.16. The van der Waals surface area contributed by atoms with E-state index in [0.29, 0.717) is 24.6 Å². The minimum Gasteiger partial charge on any atom is -0.378 e. The molecule has 1 aromatic carbocycles. The van der Waals surface area contributed by atoms with Gasteiger partial charge in [-0.25, -0.2) is 0 Å². The van der Waals surface area contributed by atoms with E-state index in [1.54, 1.807) is 6.92 Å². The Morgan fingerprint density at radius 2 is 2.00 bits per heavy atom. The standard InChI is InChI=1S/C16H22N4O2/c1-5-14(16-17-11(2)19-22-16)18-15(21)10-12-6-8-13(9-7-12)20(3)4/h6-9,14H,5,10H2,1-4H3,(H,18,21)/t14-/m0/s1. The van der Waals surface area contributed by atoms with Gasteiger partial charge in [0.05, 0.1) is 6.42 Å². The summed E-state index contributed by atoms with van der Waals surface area (Å²) in [6.45, 7) is 3.73. The maximum absolute atomic E-state index is 12.2. The number of aromatic nitrogens is 2. The second kappa shape index (κ2) is 7.06. The summed E-state index contributed by atoms with van der Waals surface area (Å²) < 4.78 is 5.13. The first-order chi connectivity index (χ1) is 10.5. The monoisotopic (exact) mass is 302 g/mol. The molecule has 22 heavy (non-hydrogen) atoms. The third kappa shape index (κ3) is 4.07. The lowest BCUT2D eigenvalue weighted by Crippen LogP contribution is -2.29. The summed E-state index contributed by atoms with van der Waals surface area (Å²) in [6.07, 6.45) is 1.03. The molecule has 0 spiro atoms. The van der Waals surface area contributed by atoms with Crippen molar-refractivity contribution in [3.05, 3.63) is 41.5 Å². The van der Waals surface area contributed by atoms with Gasteiger partial charge in [0.15, 0.2) is 5.82 Å². The maximum Gasteiger partial charge on any atom is 0.249 e. The van der Waals surface area contributed by atoms with E-state index in [1.807, 2.05) is 50.2 Å². The van der Waals surface area contributed by atoms with Crippen molar-refractivity contribution in [2.45, 2.75) is 32.7 Å². The van der Waals surface area contributed by atoms with Gasteiger partial charge in [0.25, 0.3) is 0 Å². The van der Waals surface area contributed by atoms with Gasteiger partial charge < -0.3 is 14.7 Å². The molecule has 0 aliphatic rings. The highest BCUT2D eigenvalue weighted by Gasteiger charge is 2.18. The van der Waals surface area contributed by atoms with Crippen molar-refractivity contribution in [1.29, 1.82) is 0 Å². The molecule has 2 aromatic rings. The molecule has 118 valence electrons. The van der Waals surface area contributed by atoms with Gasteiger partial charge in [0.1, 0.15) is 6.04 Å². The number of amides is 1. The van der Waals surface area contributed by atoms with Crippen molar-refractivity contribution < 1.29 is 9.32 Å². The van der Waals surface area contributed by atoms with Gasteiger partial charge >= 0.3 is 0 Å². The Balaban J connectivity index is 1.96. The molecular formula is C16H22N4O2. The van der Waals surface area contributed by atoms with Crippen LogP contribution in [0, 0.1) is 6.92 Å². The van der Waals surface area contributed by atoms with E-state index in [2.05, 4.69) is 15.5 Å². The van der Waals surface area contributed by atoms with E-state index >= 15 is 0 Å². The Kier molecular flexibility index (Phi) is 5.14. The van der Waals surface area contributed by atoms with E-state index in [4.69, 9.17) is 4.52 Å². The van der Waals surface area contributed by atoms with Crippen molar-refractivity contribution >= 4 is 11.6 Å². The zero-order valence-electron chi connectivity index (χ0n) is 13.5. The second-order valence-corrected chi connectivity index (χ2v) is 5.45. The minimum absolute atomic E-state index is 0.0553. The maximum atomic E-state index is 12.2. The summed E-state index contributed by atoms with van der Waals surface area (Å²) in [5.41, 5.74) is 2.08. The highest BCUT2D eigenvalue weighted by molar-refractivity contribution is 5.79. The molecule has 0 unspecified atom stereocenters. The third-order valence-electron chi connectivity index (χ3n) is 3.40. The number of carbonyl (C=O) groups is 1. The summed E-state index contributed by atoms with van der Waals surface area (Å²) in [6, 6.07) is 7.69. The quantitative estimate of drug-likeness (QED) is 0.886. The summed E-state index contributed by atoms with van der Waals surface area (Å²) in [5, 5.41) is 6.70. The summed E-state index contributed by atoms with van der Waals surface area (Å²) in [4.78, 5) is 18.4. The fourth-order valence-corrected chi connectivity index (χ4v) is 2.14. The van der Waals surface area contributed by atoms with E-state index in [1.165, 1.54) is 0 Å². The summed E-state index contributed by atoms with van der Waals surface area (Å²) in [5.74, 6) is 0.971. The van der Waals surface area contributed by atoms with E-state index < -0.39 is 0 Å². The van der Waals surface area contributed by atoms with Gasteiger partial charge in [-0.3, -0.25) is 4.79 Å². The Morgan fingerprint density at radius 1 is 1.32 bits per heavy atom. The molecule has 0 radical (unpaired) electrons. The fraction of sp³-hybridized carbons (Fsp3) is 0.438. The molecule has 6 heteroatoms. The minimum atomic E-state index is -0.241. The number of nitrogens with zero attached hydrogens (tertiary/aromatic N) is 3. The van der Waals surface area contributed by atoms with Gasteiger partial charge in [0, 0.05) is 19.8 Å². The first-order valence-corrected chi connectivity index (χ1v) is 7.35. The van der Waals surface area contributed by atoms with Crippen LogP contribution in [0.2, 0.25) is 0 Å². The average molecular weight is 302 g/mol. The number of rotatable bonds is 6. The van der Waals surface area contributed by atoms with Gasteiger partial charge in [0.2, 0.25) is 11.8 Å². The van der Waals surface area contributed by atoms with Crippen molar-refractivity contribution in [2.75, 3.05) is 19.0 Å². The molecule has 0 fully saturated rings. The second-order valence-electron chi connectivity index (χ2n) is 5.45. The number of aryl methyl sites for hydroxylation is 1. The summed E-state index contributed by atoms with van der Waals surface area (Å²) in [7, 11) is 3.97. The van der Waals surface area contributed by atoms with Crippen LogP contribution in [-0.4, -0.2) is 30.1 Å². The zero-order valence-corrected chi connectivity index (χ0v) is 13.5. The molecule has 1 aromatic heterocycles. The van der Waals surface area contributed by atoms with Crippen LogP contribution in [0.15, 0.2) is 28.8 Å². The largest absolute Gasteiger partial charge is 0.378 e. The zero-order chi connectivity index (χ0) is 16.1. The lowest BCUT2D eigenvalue weighted by molar-refractivity contribution is -0.121. The van der Waals surface area contributed by atoms with Crippen LogP contribution in [0.3, 0.4) is 0 Å². The number of carbonyl (C=O) groups excluding carboxylic acids is 1. The Morgan fingerprint density at radius 3 is 2.50 bits per heavy atom. The molecule has 0 bridgehead atoms. The van der Waals surface area contributed by atoms with Crippen LogP contribution < -0.4 is 10.2 Å². The van der Waals surface area contributed by atoms with Crippen molar-refractivity contribution in [2.24, 2.45) is 0 Å². The number of hydrogen-bond acceptors (Lipinski definition) is 5. The predicted molar refractivity (Wildman–Crippen MR) is 84.7 cm³/mol. The number of hydrogen-bond donors (Lipinski definition) is 1. The van der Waals surface area contributed by atoms with E-state index in [0.717, 1.165) is 11.3 Å². The van der Waals surface area contributed by atoms with Crippen LogP contribution in [0.1, 0.15) is 36.7 Å². The van der Waals surface area contributed by atoms with Gasteiger partial charge in [-0.15, -0.1) is 0 Å².